The fourth-order valence-corrected chi connectivity index (χ4v) is 3.96. The molecule has 1 aromatic heterocycles. The van der Waals surface area contributed by atoms with Gasteiger partial charge in [-0.15, -0.1) is 0 Å². The maximum absolute atomic E-state index is 12.2. The van der Waals surface area contributed by atoms with Crippen LogP contribution in [-0.4, -0.2) is 27.3 Å². The topological polar surface area (TPSA) is 46.9 Å². The number of benzene rings is 1. The van der Waals surface area contributed by atoms with E-state index in [0.29, 0.717) is 17.7 Å². The van der Waals surface area contributed by atoms with Crippen LogP contribution in [0.25, 0.3) is 11.0 Å². The Morgan fingerprint density at radius 1 is 1.36 bits per heavy atom. The lowest BCUT2D eigenvalue weighted by Crippen LogP contribution is -2.41. The average molecular weight is 317 g/mol. The summed E-state index contributed by atoms with van der Waals surface area (Å²) in [7, 11) is 2.00. The van der Waals surface area contributed by atoms with Crippen molar-refractivity contribution in [3.8, 4) is 0 Å². The molecule has 1 saturated carbocycles. The SMILES string of the molecule is CC1CCCCC1NC(=O)CSc1nc2ccccc2n1C. The minimum absolute atomic E-state index is 0.121. The third-order valence-electron chi connectivity index (χ3n) is 4.54. The van der Waals surface area contributed by atoms with Gasteiger partial charge in [0.25, 0.3) is 0 Å². The Morgan fingerprint density at radius 2 is 2.14 bits per heavy atom. The molecule has 1 heterocycles. The fraction of sp³-hybridized carbons (Fsp3) is 0.529. The largest absolute Gasteiger partial charge is 0.352 e. The van der Waals surface area contributed by atoms with Gasteiger partial charge >= 0.3 is 0 Å². The van der Waals surface area contributed by atoms with Crippen LogP contribution in [0.1, 0.15) is 32.6 Å². The van der Waals surface area contributed by atoms with Gasteiger partial charge in [0.2, 0.25) is 5.91 Å². The number of imidazole rings is 1. The van der Waals surface area contributed by atoms with Crippen molar-refractivity contribution in [2.45, 2.75) is 43.8 Å². The van der Waals surface area contributed by atoms with Crippen molar-refractivity contribution in [2.24, 2.45) is 13.0 Å². The number of rotatable bonds is 4. The van der Waals surface area contributed by atoms with Gasteiger partial charge in [0.1, 0.15) is 0 Å². The van der Waals surface area contributed by atoms with Crippen LogP contribution < -0.4 is 5.32 Å². The lowest BCUT2D eigenvalue weighted by Gasteiger charge is -2.29. The number of aromatic nitrogens is 2. The molecule has 1 amide bonds. The number of aryl methyl sites for hydroxylation is 1. The third-order valence-corrected chi connectivity index (χ3v) is 5.57. The monoisotopic (exact) mass is 317 g/mol. The highest BCUT2D eigenvalue weighted by Crippen LogP contribution is 2.25. The summed E-state index contributed by atoms with van der Waals surface area (Å²) in [6.45, 7) is 2.24. The lowest BCUT2D eigenvalue weighted by molar-refractivity contribution is -0.119. The molecule has 1 fully saturated rings. The highest BCUT2D eigenvalue weighted by Gasteiger charge is 2.22. The minimum atomic E-state index is 0.121. The van der Waals surface area contributed by atoms with E-state index >= 15 is 0 Å². The molecule has 2 unspecified atom stereocenters. The molecular weight excluding hydrogens is 294 g/mol. The van der Waals surface area contributed by atoms with E-state index in [1.54, 1.807) is 0 Å². The fourth-order valence-electron chi connectivity index (χ4n) is 3.16. The van der Waals surface area contributed by atoms with Crippen LogP contribution in [0.2, 0.25) is 0 Å². The Labute approximate surface area is 135 Å². The zero-order valence-electron chi connectivity index (χ0n) is 13.2. The van der Waals surface area contributed by atoms with Gasteiger partial charge in [-0.3, -0.25) is 4.79 Å². The van der Waals surface area contributed by atoms with Crippen LogP contribution in [0, 0.1) is 5.92 Å². The molecule has 3 rings (SSSR count). The number of thioether (sulfide) groups is 1. The second-order valence-electron chi connectivity index (χ2n) is 6.17. The van der Waals surface area contributed by atoms with E-state index in [9.17, 15) is 4.79 Å². The third kappa shape index (κ3) is 3.29. The molecule has 1 N–H and O–H groups in total. The first-order valence-corrected chi connectivity index (χ1v) is 8.97. The first kappa shape index (κ1) is 15.4. The van der Waals surface area contributed by atoms with Gasteiger partial charge in [-0.05, 0) is 30.9 Å². The van der Waals surface area contributed by atoms with Crippen LogP contribution in [0.3, 0.4) is 0 Å². The molecular formula is C17H23N3OS. The summed E-state index contributed by atoms with van der Waals surface area (Å²) in [5.74, 6) is 1.15. The normalized spacial score (nSPS) is 21.9. The summed E-state index contributed by atoms with van der Waals surface area (Å²) in [5.41, 5.74) is 2.08. The predicted octanol–water partition coefficient (Wildman–Crippen LogP) is 3.36. The van der Waals surface area contributed by atoms with Crippen molar-refractivity contribution in [3.63, 3.8) is 0 Å². The molecule has 22 heavy (non-hydrogen) atoms. The molecule has 1 aromatic carbocycles. The number of hydrogen-bond donors (Lipinski definition) is 1. The van der Waals surface area contributed by atoms with Crippen LogP contribution in [0.5, 0.6) is 0 Å². The molecule has 1 aliphatic carbocycles. The number of carbonyl (C=O) groups excluding carboxylic acids is 1. The Bertz CT molecular complexity index is 667. The molecule has 0 saturated heterocycles. The van der Waals surface area contributed by atoms with Gasteiger partial charge in [0.05, 0.1) is 16.8 Å². The lowest BCUT2D eigenvalue weighted by atomic mass is 9.86. The van der Waals surface area contributed by atoms with Gasteiger partial charge in [-0.1, -0.05) is 43.7 Å². The Balaban J connectivity index is 1.59. The summed E-state index contributed by atoms with van der Waals surface area (Å²) < 4.78 is 2.05. The minimum Gasteiger partial charge on any atom is -0.352 e. The van der Waals surface area contributed by atoms with E-state index in [1.165, 1.54) is 31.0 Å². The van der Waals surface area contributed by atoms with E-state index in [-0.39, 0.29) is 5.91 Å². The van der Waals surface area contributed by atoms with Crippen molar-refractivity contribution in [3.05, 3.63) is 24.3 Å². The molecule has 0 bridgehead atoms. The molecule has 4 nitrogen and oxygen atoms in total. The van der Waals surface area contributed by atoms with Crippen LogP contribution >= 0.6 is 11.8 Å². The number of amides is 1. The van der Waals surface area contributed by atoms with E-state index < -0.39 is 0 Å². The van der Waals surface area contributed by atoms with E-state index in [0.717, 1.165) is 22.6 Å². The molecule has 0 aliphatic heterocycles. The average Bonchev–Trinajstić information content (AvgIpc) is 2.84. The number of fused-ring (bicyclic) bond motifs is 1. The zero-order valence-corrected chi connectivity index (χ0v) is 14.0. The summed E-state index contributed by atoms with van der Waals surface area (Å²) in [4.78, 5) is 16.8. The number of hydrogen-bond acceptors (Lipinski definition) is 3. The first-order valence-electron chi connectivity index (χ1n) is 7.99. The molecule has 0 spiro atoms. The van der Waals surface area contributed by atoms with Crippen molar-refractivity contribution in [2.75, 3.05) is 5.75 Å². The summed E-state index contributed by atoms with van der Waals surface area (Å²) in [5, 5.41) is 4.09. The Morgan fingerprint density at radius 3 is 2.91 bits per heavy atom. The summed E-state index contributed by atoms with van der Waals surface area (Å²) >= 11 is 1.51. The summed E-state index contributed by atoms with van der Waals surface area (Å²) in [6, 6.07) is 8.40. The standard InChI is InChI=1S/C17H23N3OS/c1-12-7-3-4-8-13(12)18-16(21)11-22-17-19-14-9-5-6-10-15(14)20(17)2/h5-6,9-10,12-13H,3-4,7-8,11H2,1-2H3,(H,18,21). The quantitative estimate of drug-likeness (QED) is 0.880. The second kappa shape index (κ2) is 6.73. The van der Waals surface area contributed by atoms with Gasteiger partial charge in [-0.25, -0.2) is 4.98 Å². The number of carbonyl (C=O) groups is 1. The molecule has 5 heteroatoms. The van der Waals surface area contributed by atoms with Gasteiger partial charge in [0, 0.05) is 13.1 Å². The zero-order chi connectivity index (χ0) is 15.5. The number of nitrogens with zero attached hydrogens (tertiary/aromatic N) is 2. The molecule has 1 aliphatic rings. The maximum atomic E-state index is 12.2. The predicted molar refractivity (Wildman–Crippen MR) is 91.0 cm³/mol. The van der Waals surface area contributed by atoms with Crippen LogP contribution in [-0.2, 0) is 11.8 Å². The summed E-state index contributed by atoms with van der Waals surface area (Å²) in [6.07, 6.45) is 4.86. The van der Waals surface area contributed by atoms with Crippen molar-refractivity contribution in [1.29, 1.82) is 0 Å². The van der Waals surface area contributed by atoms with E-state index in [1.807, 2.05) is 25.2 Å². The molecule has 2 atom stereocenters. The first-order chi connectivity index (χ1) is 10.6. The maximum Gasteiger partial charge on any atom is 0.230 e. The van der Waals surface area contributed by atoms with Crippen molar-refractivity contribution < 1.29 is 4.79 Å². The van der Waals surface area contributed by atoms with E-state index in [4.69, 9.17) is 0 Å². The highest BCUT2D eigenvalue weighted by molar-refractivity contribution is 7.99. The van der Waals surface area contributed by atoms with E-state index in [2.05, 4.69) is 27.9 Å². The highest BCUT2D eigenvalue weighted by atomic mass is 32.2. The number of para-hydroxylation sites is 2. The molecule has 2 aromatic rings. The van der Waals surface area contributed by atoms with Crippen molar-refractivity contribution >= 4 is 28.7 Å². The smallest absolute Gasteiger partial charge is 0.230 e. The Hall–Kier alpha value is -1.49. The Kier molecular flexibility index (Phi) is 4.71. The van der Waals surface area contributed by atoms with Crippen molar-refractivity contribution in [1.82, 2.24) is 14.9 Å². The van der Waals surface area contributed by atoms with Crippen LogP contribution in [0.15, 0.2) is 29.4 Å². The molecule has 0 radical (unpaired) electrons. The number of nitrogens with one attached hydrogen (secondary N) is 1. The molecule has 118 valence electrons. The second-order valence-corrected chi connectivity index (χ2v) is 7.11. The van der Waals surface area contributed by atoms with Gasteiger partial charge in [-0.2, -0.15) is 0 Å². The van der Waals surface area contributed by atoms with Gasteiger partial charge < -0.3 is 9.88 Å². The van der Waals surface area contributed by atoms with Crippen LogP contribution in [0.4, 0.5) is 0 Å². The van der Waals surface area contributed by atoms with Gasteiger partial charge in [0.15, 0.2) is 5.16 Å².